The first kappa shape index (κ1) is 18.3. The monoisotopic (exact) mass is 356 g/mol. The van der Waals surface area contributed by atoms with Gasteiger partial charge in [0.05, 0.1) is 0 Å². The Bertz CT molecular complexity index is 763. The molecule has 1 unspecified atom stereocenters. The average Bonchev–Trinajstić information content (AvgIpc) is 2.66. The van der Waals surface area contributed by atoms with Crippen LogP contribution in [0.25, 0.3) is 0 Å². The van der Waals surface area contributed by atoms with Gasteiger partial charge in [0.15, 0.2) is 0 Å². The maximum absolute atomic E-state index is 13.0. The molecule has 1 saturated heterocycles. The van der Waals surface area contributed by atoms with Gasteiger partial charge in [-0.15, -0.1) is 0 Å². The van der Waals surface area contributed by atoms with Crippen molar-refractivity contribution in [1.82, 2.24) is 15.3 Å². The van der Waals surface area contributed by atoms with Crippen molar-refractivity contribution in [1.29, 1.82) is 0 Å². The maximum atomic E-state index is 13.0. The molecule has 3 rings (SSSR count). The summed E-state index contributed by atoms with van der Waals surface area (Å²) >= 11 is 0. The topological polar surface area (TPSA) is 58.1 Å². The van der Waals surface area contributed by atoms with E-state index < -0.39 is 0 Å². The van der Waals surface area contributed by atoms with Crippen LogP contribution in [0.3, 0.4) is 0 Å². The largest absolute Gasteiger partial charge is 0.354 e. The molecule has 0 aliphatic carbocycles. The minimum absolute atomic E-state index is 0.244. The van der Waals surface area contributed by atoms with E-state index in [-0.39, 0.29) is 11.7 Å². The summed E-state index contributed by atoms with van der Waals surface area (Å²) in [5, 5.41) is 2.85. The quantitative estimate of drug-likeness (QED) is 0.889. The second-order valence-electron chi connectivity index (χ2n) is 6.72. The van der Waals surface area contributed by atoms with Crippen LogP contribution < -0.4 is 10.2 Å². The molecule has 0 radical (unpaired) electrons. The number of carbonyl (C=O) groups is 1. The fraction of sp³-hybridized carbons (Fsp3) is 0.450. The van der Waals surface area contributed by atoms with E-state index in [1.54, 1.807) is 18.2 Å². The van der Waals surface area contributed by atoms with Crippen molar-refractivity contribution >= 4 is 11.7 Å². The second kappa shape index (κ2) is 8.25. The van der Waals surface area contributed by atoms with Crippen molar-refractivity contribution in [2.24, 2.45) is 0 Å². The number of anilines is 1. The molecule has 0 spiro atoms. The molecule has 2 heterocycles. The molecule has 1 aromatic heterocycles. The summed E-state index contributed by atoms with van der Waals surface area (Å²) in [7, 11) is 0. The highest BCUT2D eigenvalue weighted by Crippen LogP contribution is 2.25. The lowest BCUT2D eigenvalue weighted by molar-refractivity contribution is 0.0945. The Hall–Kier alpha value is -2.50. The van der Waals surface area contributed by atoms with Crippen LogP contribution in [0.15, 0.2) is 30.3 Å². The summed E-state index contributed by atoms with van der Waals surface area (Å²) in [5.41, 5.74) is 1.21. The normalized spacial score (nSPS) is 17.2. The van der Waals surface area contributed by atoms with Crippen molar-refractivity contribution in [3.63, 3.8) is 0 Å². The first-order valence-corrected chi connectivity index (χ1v) is 9.21. The van der Waals surface area contributed by atoms with Gasteiger partial charge in [-0.1, -0.05) is 19.1 Å². The molecule has 1 aliphatic rings. The molecule has 2 aromatic rings. The fourth-order valence-electron chi connectivity index (χ4n) is 3.42. The van der Waals surface area contributed by atoms with E-state index in [0.29, 0.717) is 24.1 Å². The van der Waals surface area contributed by atoms with Gasteiger partial charge in [-0.3, -0.25) is 4.79 Å². The van der Waals surface area contributed by atoms with Crippen LogP contribution in [-0.2, 0) is 6.54 Å². The van der Waals surface area contributed by atoms with E-state index in [9.17, 15) is 9.18 Å². The number of halogens is 1. The molecule has 1 fully saturated rings. The number of rotatable bonds is 5. The zero-order valence-corrected chi connectivity index (χ0v) is 15.3. The third-order valence-corrected chi connectivity index (χ3v) is 4.82. The van der Waals surface area contributed by atoms with Crippen LogP contribution in [0.1, 0.15) is 54.5 Å². The number of benzene rings is 1. The highest BCUT2D eigenvalue weighted by Gasteiger charge is 2.23. The van der Waals surface area contributed by atoms with Crippen LogP contribution in [-0.4, -0.2) is 28.5 Å². The predicted octanol–water partition coefficient (Wildman–Crippen LogP) is 3.62. The van der Waals surface area contributed by atoms with Crippen molar-refractivity contribution in [2.45, 2.75) is 52.1 Å². The van der Waals surface area contributed by atoms with Crippen LogP contribution in [0.2, 0.25) is 0 Å². The summed E-state index contributed by atoms with van der Waals surface area (Å²) in [6.45, 7) is 5.29. The van der Waals surface area contributed by atoms with Crippen LogP contribution in [0, 0.1) is 12.7 Å². The van der Waals surface area contributed by atoms with E-state index in [4.69, 9.17) is 0 Å². The zero-order chi connectivity index (χ0) is 18.5. The summed E-state index contributed by atoms with van der Waals surface area (Å²) in [4.78, 5) is 23.7. The molecule has 1 amide bonds. The lowest BCUT2D eigenvalue weighted by Gasteiger charge is -2.36. The van der Waals surface area contributed by atoms with E-state index in [0.717, 1.165) is 37.2 Å². The minimum Gasteiger partial charge on any atom is -0.354 e. The Kier molecular flexibility index (Phi) is 5.81. The maximum Gasteiger partial charge on any atom is 0.270 e. The molecule has 5 nitrogen and oxygen atoms in total. The molecule has 1 N–H and O–H groups in total. The Morgan fingerprint density at radius 1 is 1.27 bits per heavy atom. The first-order chi connectivity index (χ1) is 12.6. The highest BCUT2D eigenvalue weighted by atomic mass is 19.1. The van der Waals surface area contributed by atoms with Gasteiger partial charge >= 0.3 is 0 Å². The number of amides is 1. The summed E-state index contributed by atoms with van der Waals surface area (Å²) in [6.07, 6.45) is 4.61. The molecule has 1 atom stereocenters. The molecular formula is C20H25FN4O. The SMILES string of the molecule is CCC1CCCCN1c1cc(C(=O)NCc2ccc(F)cc2)nc(C)n1. The number of aryl methyl sites for hydroxylation is 1. The molecule has 6 heteroatoms. The van der Waals surface area contributed by atoms with Gasteiger partial charge in [0.1, 0.15) is 23.2 Å². The van der Waals surface area contributed by atoms with E-state index >= 15 is 0 Å². The molecule has 0 saturated carbocycles. The average molecular weight is 356 g/mol. The van der Waals surface area contributed by atoms with Crippen molar-refractivity contribution in [3.8, 4) is 0 Å². The third-order valence-electron chi connectivity index (χ3n) is 4.82. The number of piperidine rings is 1. The predicted molar refractivity (Wildman–Crippen MR) is 99.6 cm³/mol. The summed E-state index contributed by atoms with van der Waals surface area (Å²) < 4.78 is 13.0. The van der Waals surface area contributed by atoms with Gasteiger partial charge in [-0.2, -0.15) is 0 Å². The molecule has 0 bridgehead atoms. The number of hydrogen-bond acceptors (Lipinski definition) is 4. The molecule has 1 aliphatic heterocycles. The lowest BCUT2D eigenvalue weighted by Crippen LogP contribution is -2.40. The number of nitrogens with one attached hydrogen (secondary N) is 1. The van der Waals surface area contributed by atoms with Crippen molar-refractivity contribution in [2.75, 3.05) is 11.4 Å². The zero-order valence-electron chi connectivity index (χ0n) is 15.3. The Labute approximate surface area is 153 Å². The van der Waals surface area contributed by atoms with Gasteiger partial charge in [0.2, 0.25) is 0 Å². The molecular weight excluding hydrogens is 331 g/mol. The van der Waals surface area contributed by atoms with Gasteiger partial charge in [-0.05, 0) is 50.3 Å². The van der Waals surface area contributed by atoms with Crippen LogP contribution in [0.4, 0.5) is 10.2 Å². The lowest BCUT2D eigenvalue weighted by atomic mass is 10.00. The van der Waals surface area contributed by atoms with Crippen molar-refractivity contribution < 1.29 is 9.18 Å². The standard InChI is InChI=1S/C20H25FN4O/c1-3-17-6-4-5-11-25(17)19-12-18(23-14(2)24-19)20(26)22-13-15-7-9-16(21)10-8-15/h7-10,12,17H,3-6,11,13H2,1-2H3,(H,22,26). The minimum atomic E-state index is -0.289. The van der Waals surface area contributed by atoms with Gasteiger partial charge in [0, 0.05) is 25.2 Å². The highest BCUT2D eigenvalue weighted by molar-refractivity contribution is 5.92. The number of carbonyl (C=O) groups excluding carboxylic acids is 1. The molecule has 138 valence electrons. The Morgan fingerprint density at radius 2 is 2.04 bits per heavy atom. The number of hydrogen-bond donors (Lipinski definition) is 1. The molecule has 1 aromatic carbocycles. The van der Waals surface area contributed by atoms with Crippen LogP contribution in [0.5, 0.6) is 0 Å². The molecule has 26 heavy (non-hydrogen) atoms. The van der Waals surface area contributed by atoms with Gasteiger partial charge in [-0.25, -0.2) is 14.4 Å². The van der Waals surface area contributed by atoms with E-state index in [1.807, 2.05) is 6.92 Å². The Morgan fingerprint density at radius 3 is 2.77 bits per heavy atom. The second-order valence-corrected chi connectivity index (χ2v) is 6.72. The first-order valence-electron chi connectivity index (χ1n) is 9.21. The van der Waals surface area contributed by atoms with Crippen molar-refractivity contribution in [3.05, 3.63) is 53.2 Å². The van der Waals surface area contributed by atoms with E-state index in [2.05, 4.69) is 27.1 Å². The smallest absolute Gasteiger partial charge is 0.270 e. The van der Waals surface area contributed by atoms with E-state index in [1.165, 1.54) is 18.6 Å². The Balaban J connectivity index is 1.73. The summed E-state index contributed by atoms with van der Waals surface area (Å²) in [6, 6.07) is 8.33. The van der Waals surface area contributed by atoms with Gasteiger partial charge in [0.25, 0.3) is 5.91 Å². The number of aromatic nitrogens is 2. The number of nitrogens with zero attached hydrogens (tertiary/aromatic N) is 3. The van der Waals surface area contributed by atoms with Crippen LogP contribution >= 0.6 is 0 Å². The van der Waals surface area contributed by atoms with Gasteiger partial charge < -0.3 is 10.2 Å². The fourth-order valence-corrected chi connectivity index (χ4v) is 3.42. The summed E-state index contributed by atoms with van der Waals surface area (Å²) in [5.74, 6) is 0.889. The third kappa shape index (κ3) is 4.36.